The van der Waals surface area contributed by atoms with Crippen LogP contribution in [0.3, 0.4) is 0 Å². The average molecular weight is 306 g/mol. The van der Waals surface area contributed by atoms with Gasteiger partial charge in [0.05, 0.1) is 0 Å². The summed E-state index contributed by atoms with van der Waals surface area (Å²) in [6.45, 7) is 0.830. The van der Waals surface area contributed by atoms with Gasteiger partial charge in [-0.1, -0.05) is 23.7 Å². The molecule has 0 atom stereocenters. The van der Waals surface area contributed by atoms with Gasteiger partial charge in [-0.3, -0.25) is 0 Å². The summed E-state index contributed by atoms with van der Waals surface area (Å²) in [4.78, 5) is 2.65. The third kappa shape index (κ3) is 3.18. The molecule has 1 nitrogen and oxygen atoms in total. The summed E-state index contributed by atoms with van der Waals surface area (Å²) in [5.41, 5.74) is 2.36. The molecule has 0 aliphatic rings. The standard InChI is InChI=1S/C15H12ClNS2/c16-12-3-1-4-13(8-12)17-9-14-7-11(10-19-14)15-5-2-6-18-15/h1-8,10,17H,9H2. The quantitative estimate of drug-likeness (QED) is 0.648. The van der Waals surface area contributed by atoms with Gasteiger partial charge in [-0.2, -0.15) is 0 Å². The molecule has 0 fully saturated rings. The molecule has 0 amide bonds. The molecule has 2 heterocycles. The molecule has 4 heteroatoms. The summed E-state index contributed by atoms with van der Waals surface area (Å²) in [5, 5.41) is 8.47. The van der Waals surface area contributed by atoms with Gasteiger partial charge in [-0.15, -0.1) is 22.7 Å². The monoisotopic (exact) mass is 305 g/mol. The Bertz CT molecular complexity index is 658. The third-order valence-corrected chi connectivity index (χ3v) is 4.84. The fourth-order valence-electron chi connectivity index (χ4n) is 1.83. The van der Waals surface area contributed by atoms with Gasteiger partial charge in [-0.05, 0) is 41.1 Å². The van der Waals surface area contributed by atoms with E-state index in [0.29, 0.717) is 0 Å². The van der Waals surface area contributed by atoms with Crippen molar-refractivity contribution in [1.29, 1.82) is 0 Å². The van der Waals surface area contributed by atoms with Gasteiger partial charge in [-0.25, -0.2) is 0 Å². The van der Waals surface area contributed by atoms with Crippen LogP contribution < -0.4 is 5.32 Å². The van der Waals surface area contributed by atoms with E-state index in [1.807, 2.05) is 24.3 Å². The molecule has 0 radical (unpaired) electrons. The van der Waals surface area contributed by atoms with Crippen molar-refractivity contribution in [2.24, 2.45) is 0 Å². The van der Waals surface area contributed by atoms with Gasteiger partial charge in [0.15, 0.2) is 0 Å². The smallest absolute Gasteiger partial charge is 0.0494 e. The number of hydrogen-bond acceptors (Lipinski definition) is 3. The van der Waals surface area contributed by atoms with Crippen LogP contribution in [0.25, 0.3) is 10.4 Å². The molecule has 0 aliphatic carbocycles. The third-order valence-electron chi connectivity index (χ3n) is 2.75. The number of rotatable bonds is 4. The zero-order valence-electron chi connectivity index (χ0n) is 10.1. The van der Waals surface area contributed by atoms with Crippen LogP contribution in [0.15, 0.2) is 53.2 Å². The van der Waals surface area contributed by atoms with Gasteiger partial charge >= 0.3 is 0 Å². The molecular weight excluding hydrogens is 294 g/mol. The van der Waals surface area contributed by atoms with Crippen LogP contribution in [0.2, 0.25) is 5.02 Å². The van der Waals surface area contributed by atoms with E-state index in [0.717, 1.165) is 17.3 Å². The van der Waals surface area contributed by atoms with Crippen LogP contribution in [0.5, 0.6) is 0 Å². The second-order valence-corrected chi connectivity index (χ2v) is 6.52. The molecule has 3 aromatic rings. The SMILES string of the molecule is Clc1cccc(NCc2cc(-c3cccs3)cs2)c1. The maximum absolute atomic E-state index is 5.96. The molecule has 0 aliphatic heterocycles. The summed E-state index contributed by atoms with van der Waals surface area (Å²) < 4.78 is 0. The molecule has 19 heavy (non-hydrogen) atoms. The van der Waals surface area contributed by atoms with Gasteiger partial charge in [0, 0.05) is 32.6 Å². The van der Waals surface area contributed by atoms with Crippen LogP contribution in [-0.4, -0.2) is 0 Å². The first-order valence-corrected chi connectivity index (χ1v) is 8.06. The predicted molar refractivity (Wildman–Crippen MR) is 86.4 cm³/mol. The van der Waals surface area contributed by atoms with E-state index in [9.17, 15) is 0 Å². The van der Waals surface area contributed by atoms with Crippen molar-refractivity contribution in [1.82, 2.24) is 0 Å². The Kier molecular flexibility index (Phi) is 3.87. The Hall–Kier alpha value is -1.29. The Balaban J connectivity index is 1.68. The highest BCUT2D eigenvalue weighted by atomic mass is 35.5. The number of thiophene rings is 2. The van der Waals surface area contributed by atoms with E-state index >= 15 is 0 Å². The highest BCUT2D eigenvalue weighted by Gasteiger charge is 2.03. The minimum Gasteiger partial charge on any atom is -0.380 e. The summed E-state index contributed by atoms with van der Waals surface area (Å²) in [6, 6.07) is 14.3. The number of benzene rings is 1. The molecule has 0 unspecified atom stereocenters. The van der Waals surface area contributed by atoms with Crippen molar-refractivity contribution in [3.63, 3.8) is 0 Å². The summed E-state index contributed by atoms with van der Waals surface area (Å²) >= 11 is 9.52. The van der Waals surface area contributed by atoms with E-state index in [1.165, 1.54) is 15.3 Å². The second kappa shape index (κ2) is 5.78. The van der Waals surface area contributed by atoms with Crippen LogP contribution in [0, 0.1) is 0 Å². The molecule has 0 saturated heterocycles. The fourth-order valence-corrected chi connectivity index (χ4v) is 3.64. The van der Waals surface area contributed by atoms with Crippen molar-refractivity contribution in [2.45, 2.75) is 6.54 Å². The summed E-state index contributed by atoms with van der Waals surface area (Å²) in [6.07, 6.45) is 0. The van der Waals surface area contributed by atoms with Crippen molar-refractivity contribution >= 4 is 40.0 Å². The molecular formula is C15H12ClNS2. The van der Waals surface area contributed by atoms with Gasteiger partial charge in [0.1, 0.15) is 0 Å². The van der Waals surface area contributed by atoms with Crippen LogP contribution in [0.4, 0.5) is 5.69 Å². The highest BCUT2D eigenvalue weighted by Crippen LogP contribution is 2.29. The lowest BCUT2D eigenvalue weighted by atomic mass is 10.2. The predicted octanol–water partition coefficient (Wildman–Crippen LogP) is 5.74. The Labute approximate surface area is 125 Å². The lowest BCUT2D eigenvalue weighted by Gasteiger charge is -2.04. The number of halogens is 1. The number of anilines is 1. The fraction of sp³-hybridized carbons (Fsp3) is 0.0667. The van der Waals surface area contributed by atoms with Crippen LogP contribution in [0.1, 0.15) is 4.88 Å². The Morgan fingerprint density at radius 2 is 2.00 bits per heavy atom. The Morgan fingerprint density at radius 3 is 2.79 bits per heavy atom. The first kappa shape index (κ1) is 12.7. The van der Waals surface area contributed by atoms with E-state index < -0.39 is 0 Å². The molecule has 3 rings (SSSR count). The van der Waals surface area contributed by atoms with E-state index in [2.05, 4.69) is 34.3 Å². The maximum Gasteiger partial charge on any atom is 0.0494 e. The van der Waals surface area contributed by atoms with Crippen molar-refractivity contribution in [3.8, 4) is 10.4 Å². The molecule has 0 spiro atoms. The normalized spacial score (nSPS) is 10.6. The van der Waals surface area contributed by atoms with E-state index in [4.69, 9.17) is 11.6 Å². The zero-order valence-corrected chi connectivity index (χ0v) is 12.5. The van der Waals surface area contributed by atoms with Gasteiger partial charge in [0.25, 0.3) is 0 Å². The number of hydrogen-bond donors (Lipinski definition) is 1. The van der Waals surface area contributed by atoms with Gasteiger partial charge in [0.2, 0.25) is 0 Å². The molecule has 2 aromatic heterocycles. The lowest BCUT2D eigenvalue weighted by Crippen LogP contribution is -1.96. The summed E-state index contributed by atoms with van der Waals surface area (Å²) in [7, 11) is 0. The first-order chi connectivity index (χ1) is 9.31. The highest BCUT2D eigenvalue weighted by molar-refractivity contribution is 7.14. The number of nitrogens with one attached hydrogen (secondary N) is 1. The van der Waals surface area contributed by atoms with E-state index in [1.54, 1.807) is 22.7 Å². The van der Waals surface area contributed by atoms with Crippen molar-refractivity contribution in [3.05, 3.63) is 63.1 Å². The van der Waals surface area contributed by atoms with Crippen molar-refractivity contribution in [2.75, 3.05) is 5.32 Å². The second-order valence-electron chi connectivity index (χ2n) is 4.14. The zero-order chi connectivity index (χ0) is 13.1. The minimum atomic E-state index is 0.760. The molecule has 0 saturated carbocycles. The topological polar surface area (TPSA) is 12.0 Å². The first-order valence-electron chi connectivity index (χ1n) is 5.92. The lowest BCUT2D eigenvalue weighted by molar-refractivity contribution is 1.19. The van der Waals surface area contributed by atoms with Gasteiger partial charge < -0.3 is 5.32 Å². The van der Waals surface area contributed by atoms with E-state index in [-0.39, 0.29) is 0 Å². The largest absolute Gasteiger partial charge is 0.380 e. The minimum absolute atomic E-state index is 0.760. The van der Waals surface area contributed by atoms with Crippen LogP contribution in [-0.2, 0) is 6.54 Å². The Morgan fingerprint density at radius 1 is 1.05 bits per heavy atom. The molecule has 1 aromatic carbocycles. The maximum atomic E-state index is 5.96. The van der Waals surface area contributed by atoms with Crippen LogP contribution >= 0.6 is 34.3 Å². The summed E-state index contributed by atoms with van der Waals surface area (Å²) in [5.74, 6) is 0. The molecule has 0 bridgehead atoms. The average Bonchev–Trinajstić information content (AvgIpc) is 3.07. The molecule has 96 valence electrons. The molecule has 1 N–H and O–H groups in total. The van der Waals surface area contributed by atoms with Crippen molar-refractivity contribution < 1.29 is 0 Å².